The van der Waals surface area contributed by atoms with Crippen molar-refractivity contribution in [2.75, 3.05) is 19.3 Å². The van der Waals surface area contributed by atoms with Crippen molar-refractivity contribution in [1.82, 2.24) is 0 Å². The van der Waals surface area contributed by atoms with Crippen molar-refractivity contribution in [1.29, 1.82) is 0 Å². The number of hydrogen-bond donors (Lipinski definition) is 1. The number of halogens is 1. The topological polar surface area (TPSA) is 29.5 Å². The van der Waals surface area contributed by atoms with E-state index in [1.54, 1.807) is 0 Å². The lowest BCUT2D eigenvalue weighted by atomic mass is 10.9. The Labute approximate surface area is 41.7 Å². The number of ether oxygens (including phenoxy) is 1. The minimum absolute atomic E-state index is 0.229. The lowest BCUT2D eigenvalue weighted by Crippen LogP contribution is -1.94. The predicted octanol–water partition coefficient (Wildman–Crippen LogP) is 0.192. The summed E-state index contributed by atoms with van der Waals surface area (Å²) in [6, 6.07) is 0. The van der Waals surface area contributed by atoms with E-state index in [1.165, 1.54) is 0 Å². The van der Waals surface area contributed by atoms with Gasteiger partial charge in [0.05, 0.1) is 6.61 Å². The Kier molecular flexibility index (Phi) is 5.39. The summed E-state index contributed by atoms with van der Waals surface area (Å²) in [6.45, 7) is 0.199. The fourth-order valence-electron chi connectivity index (χ4n) is 0.119. The van der Waals surface area contributed by atoms with Gasteiger partial charge in [-0.25, -0.2) is 0 Å². The van der Waals surface area contributed by atoms with Gasteiger partial charge < -0.3 is 9.84 Å². The molecular weight excluding hydrogens is 103 g/mol. The fraction of sp³-hybridized carbons (Fsp3) is 1.00. The molecular formula is C3H7ClO2. The minimum Gasteiger partial charge on any atom is -0.371 e. The van der Waals surface area contributed by atoms with Gasteiger partial charge in [-0.1, -0.05) is 0 Å². The molecule has 0 rings (SSSR count). The number of aliphatic hydroxyl groups is 1. The average molecular weight is 111 g/mol. The number of hydrogen-bond acceptors (Lipinski definition) is 2. The first kappa shape index (κ1) is 6.21. The van der Waals surface area contributed by atoms with E-state index >= 15 is 0 Å². The molecule has 0 saturated carbocycles. The molecule has 0 aliphatic heterocycles. The van der Waals surface area contributed by atoms with Crippen molar-refractivity contribution in [3.8, 4) is 0 Å². The average Bonchev–Trinajstić information content (AvgIpc) is 1.61. The molecule has 38 valence electrons. The van der Waals surface area contributed by atoms with Crippen LogP contribution in [-0.4, -0.2) is 24.4 Å². The molecule has 0 aliphatic carbocycles. The quantitative estimate of drug-likeness (QED) is 0.319. The Hall–Kier alpha value is 0.210. The summed E-state index contributed by atoms with van der Waals surface area (Å²) in [5.41, 5.74) is 0. The molecule has 0 fully saturated rings. The highest BCUT2D eigenvalue weighted by atomic mass is 35.5. The molecule has 1 N–H and O–H groups in total. The van der Waals surface area contributed by atoms with Crippen LogP contribution in [0.4, 0.5) is 0 Å². The van der Waals surface area contributed by atoms with Gasteiger partial charge in [-0.2, -0.15) is 0 Å². The van der Waals surface area contributed by atoms with E-state index in [-0.39, 0.29) is 6.79 Å². The first-order valence-corrected chi connectivity index (χ1v) is 2.20. The van der Waals surface area contributed by atoms with E-state index in [0.717, 1.165) is 0 Å². The third-order valence-corrected chi connectivity index (χ3v) is 0.467. The van der Waals surface area contributed by atoms with Crippen LogP contribution in [-0.2, 0) is 4.74 Å². The summed E-state index contributed by atoms with van der Waals surface area (Å²) in [5.74, 6) is 0.445. The van der Waals surface area contributed by atoms with Crippen LogP contribution in [0, 0.1) is 0 Å². The van der Waals surface area contributed by atoms with Gasteiger partial charge in [0.2, 0.25) is 0 Å². The van der Waals surface area contributed by atoms with E-state index in [0.29, 0.717) is 12.5 Å². The number of alkyl halides is 1. The van der Waals surface area contributed by atoms with Crippen molar-refractivity contribution < 1.29 is 9.84 Å². The molecule has 0 heterocycles. The monoisotopic (exact) mass is 110 g/mol. The Balaban J connectivity index is 2.34. The van der Waals surface area contributed by atoms with E-state index < -0.39 is 0 Å². The van der Waals surface area contributed by atoms with E-state index in [9.17, 15) is 0 Å². The molecule has 0 bridgehead atoms. The SMILES string of the molecule is OCOCCCl. The highest BCUT2D eigenvalue weighted by Gasteiger charge is 1.75. The summed E-state index contributed by atoms with van der Waals surface area (Å²) in [5, 5.41) is 7.92. The lowest BCUT2D eigenvalue weighted by molar-refractivity contribution is 0.00635. The second kappa shape index (κ2) is 5.21. The van der Waals surface area contributed by atoms with Crippen molar-refractivity contribution in [3.05, 3.63) is 0 Å². The van der Waals surface area contributed by atoms with E-state index in [4.69, 9.17) is 16.7 Å². The van der Waals surface area contributed by atoms with Crippen molar-refractivity contribution in [3.63, 3.8) is 0 Å². The highest BCUT2D eigenvalue weighted by molar-refractivity contribution is 6.17. The molecule has 0 radical (unpaired) electrons. The van der Waals surface area contributed by atoms with Gasteiger partial charge in [0.15, 0.2) is 0 Å². The van der Waals surface area contributed by atoms with Gasteiger partial charge in [0, 0.05) is 5.88 Å². The zero-order valence-corrected chi connectivity index (χ0v) is 4.11. The van der Waals surface area contributed by atoms with E-state index in [2.05, 4.69) is 4.74 Å². The van der Waals surface area contributed by atoms with Crippen molar-refractivity contribution >= 4 is 11.6 Å². The van der Waals surface area contributed by atoms with Crippen molar-refractivity contribution in [2.24, 2.45) is 0 Å². The van der Waals surface area contributed by atoms with Crippen LogP contribution < -0.4 is 0 Å². The van der Waals surface area contributed by atoms with Gasteiger partial charge in [0.25, 0.3) is 0 Å². The number of aliphatic hydroxyl groups excluding tert-OH is 1. The molecule has 0 aromatic rings. The second-order valence-electron chi connectivity index (χ2n) is 0.726. The summed E-state index contributed by atoms with van der Waals surface area (Å²) in [7, 11) is 0. The lowest BCUT2D eigenvalue weighted by Gasteiger charge is -1.89. The second-order valence-corrected chi connectivity index (χ2v) is 1.10. The summed E-state index contributed by atoms with van der Waals surface area (Å²) < 4.78 is 4.41. The first-order valence-electron chi connectivity index (χ1n) is 1.66. The third kappa shape index (κ3) is 4.21. The molecule has 0 atom stereocenters. The summed E-state index contributed by atoms with van der Waals surface area (Å²) in [4.78, 5) is 0. The van der Waals surface area contributed by atoms with E-state index in [1.807, 2.05) is 0 Å². The molecule has 0 unspecified atom stereocenters. The van der Waals surface area contributed by atoms with Crippen LogP contribution >= 0.6 is 11.6 Å². The zero-order valence-electron chi connectivity index (χ0n) is 3.35. The summed E-state index contributed by atoms with van der Waals surface area (Å²) in [6.07, 6.45) is 0. The van der Waals surface area contributed by atoms with Crippen LogP contribution in [0.2, 0.25) is 0 Å². The smallest absolute Gasteiger partial charge is 0.143 e. The Morgan fingerprint density at radius 3 is 2.50 bits per heavy atom. The third-order valence-electron chi connectivity index (χ3n) is 0.313. The van der Waals surface area contributed by atoms with Gasteiger partial charge >= 0.3 is 0 Å². The molecule has 0 aromatic carbocycles. The predicted molar refractivity (Wildman–Crippen MR) is 23.8 cm³/mol. The Morgan fingerprint density at radius 2 is 2.33 bits per heavy atom. The molecule has 3 heteroatoms. The highest BCUT2D eigenvalue weighted by Crippen LogP contribution is 1.73. The fourth-order valence-corrected chi connectivity index (χ4v) is 0.228. The van der Waals surface area contributed by atoms with Crippen LogP contribution in [0.15, 0.2) is 0 Å². The maximum atomic E-state index is 7.92. The minimum atomic E-state index is -0.229. The molecule has 0 amide bonds. The van der Waals surface area contributed by atoms with Gasteiger partial charge in [-0.15, -0.1) is 11.6 Å². The van der Waals surface area contributed by atoms with Crippen LogP contribution in [0.3, 0.4) is 0 Å². The molecule has 0 aliphatic rings. The standard InChI is InChI=1S/C3H7ClO2/c4-1-2-6-3-5/h5H,1-3H2. The Morgan fingerprint density at radius 1 is 1.67 bits per heavy atom. The zero-order chi connectivity index (χ0) is 4.83. The Bertz CT molecular complexity index is 20.8. The largest absolute Gasteiger partial charge is 0.371 e. The molecule has 6 heavy (non-hydrogen) atoms. The molecule has 0 saturated heterocycles. The van der Waals surface area contributed by atoms with Crippen LogP contribution in [0.1, 0.15) is 0 Å². The van der Waals surface area contributed by atoms with Crippen molar-refractivity contribution in [2.45, 2.75) is 0 Å². The number of rotatable bonds is 3. The summed E-state index contributed by atoms with van der Waals surface area (Å²) >= 11 is 5.14. The van der Waals surface area contributed by atoms with Gasteiger partial charge in [-0.3, -0.25) is 0 Å². The maximum Gasteiger partial charge on any atom is 0.143 e. The van der Waals surface area contributed by atoms with Crippen LogP contribution in [0.5, 0.6) is 0 Å². The van der Waals surface area contributed by atoms with Gasteiger partial charge in [-0.05, 0) is 0 Å². The normalized spacial score (nSPS) is 9.00. The first-order chi connectivity index (χ1) is 2.91. The maximum absolute atomic E-state index is 7.92. The van der Waals surface area contributed by atoms with Gasteiger partial charge in [0.1, 0.15) is 6.79 Å². The molecule has 0 aromatic heterocycles. The molecule has 0 spiro atoms. The van der Waals surface area contributed by atoms with Crippen LogP contribution in [0.25, 0.3) is 0 Å². The molecule has 2 nitrogen and oxygen atoms in total.